The molecule has 6 rings (SSSR count). The first-order chi connectivity index (χ1) is 16.7. The second-order valence-corrected chi connectivity index (χ2v) is 9.64. The van der Waals surface area contributed by atoms with Crippen LogP contribution in [0.3, 0.4) is 0 Å². The molecule has 34 heavy (non-hydrogen) atoms. The Labute approximate surface area is 199 Å². The van der Waals surface area contributed by atoms with Gasteiger partial charge in [-0.2, -0.15) is 4.52 Å². The van der Waals surface area contributed by atoms with Crippen LogP contribution in [0.5, 0.6) is 0 Å². The Balaban J connectivity index is 1.46. The fraction of sp³-hybridized carbons (Fsp3) is 0.231. The number of hydrogen-bond acceptors (Lipinski definition) is 5. The molecule has 0 saturated carbocycles. The van der Waals surface area contributed by atoms with Crippen molar-refractivity contribution in [2.45, 2.75) is 38.8 Å². The van der Waals surface area contributed by atoms with Gasteiger partial charge in [-0.1, -0.05) is 60.7 Å². The van der Waals surface area contributed by atoms with E-state index in [2.05, 4.69) is 10.4 Å². The molecular formula is C26H23N5O2S. The van der Waals surface area contributed by atoms with Crippen LogP contribution in [-0.2, 0) is 30.7 Å². The summed E-state index contributed by atoms with van der Waals surface area (Å²) < 4.78 is 2.94. The third-order valence-electron chi connectivity index (χ3n) is 6.31. The molecule has 3 aromatic heterocycles. The average molecular weight is 470 g/mol. The van der Waals surface area contributed by atoms with Gasteiger partial charge in [0.15, 0.2) is 11.5 Å². The third-order valence-corrected chi connectivity index (χ3v) is 7.62. The van der Waals surface area contributed by atoms with E-state index in [0.29, 0.717) is 18.0 Å². The van der Waals surface area contributed by atoms with E-state index in [4.69, 9.17) is 4.98 Å². The van der Waals surface area contributed by atoms with Crippen LogP contribution in [0.15, 0.2) is 65.5 Å². The first kappa shape index (κ1) is 20.8. The summed E-state index contributed by atoms with van der Waals surface area (Å²) in [5.74, 6) is 0.308. The van der Waals surface area contributed by atoms with Crippen LogP contribution in [0, 0.1) is 0 Å². The molecule has 1 aliphatic rings. The quantitative estimate of drug-likeness (QED) is 0.422. The number of aromatic nitrogens is 4. The molecule has 0 aliphatic heterocycles. The molecule has 0 fully saturated rings. The highest BCUT2D eigenvalue weighted by Gasteiger charge is 2.25. The van der Waals surface area contributed by atoms with Crippen molar-refractivity contribution >= 4 is 33.1 Å². The maximum atomic E-state index is 13.6. The van der Waals surface area contributed by atoms with Crippen molar-refractivity contribution in [3.05, 3.63) is 87.2 Å². The number of carbonyl (C=O) groups is 1. The smallest absolute Gasteiger partial charge is 0.350 e. The number of aryl methyl sites for hydroxylation is 2. The summed E-state index contributed by atoms with van der Waals surface area (Å²) in [6.45, 7) is 0.361. The van der Waals surface area contributed by atoms with E-state index in [9.17, 15) is 9.59 Å². The molecule has 5 aromatic rings. The molecule has 170 valence electrons. The lowest BCUT2D eigenvalue weighted by Crippen LogP contribution is -2.34. The van der Waals surface area contributed by atoms with Crippen molar-refractivity contribution in [1.82, 2.24) is 24.5 Å². The van der Waals surface area contributed by atoms with Gasteiger partial charge in [0.1, 0.15) is 11.4 Å². The van der Waals surface area contributed by atoms with Crippen LogP contribution in [0.25, 0.3) is 27.3 Å². The fourth-order valence-electron chi connectivity index (χ4n) is 4.63. The van der Waals surface area contributed by atoms with Gasteiger partial charge < -0.3 is 5.32 Å². The monoisotopic (exact) mass is 469 g/mol. The number of rotatable bonds is 5. The predicted octanol–water partition coefficient (Wildman–Crippen LogP) is 3.97. The van der Waals surface area contributed by atoms with Crippen molar-refractivity contribution in [3.8, 4) is 11.4 Å². The lowest BCUT2D eigenvalue weighted by atomic mass is 9.97. The summed E-state index contributed by atoms with van der Waals surface area (Å²) in [5, 5.41) is 8.47. The molecule has 0 spiro atoms. The summed E-state index contributed by atoms with van der Waals surface area (Å²) >= 11 is 1.62. The Morgan fingerprint density at radius 2 is 1.74 bits per heavy atom. The van der Waals surface area contributed by atoms with Gasteiger partial charge in [0, 0.05) is 17.0 Å². The predicted molar refractivity (Wildman–Crippen MR) is 133 cm³/mol. The topological polar surface area (TPSA) is 81.3 Å². The van der Waals surface area contributed by atoms with E-state index in [1.807, 2.05) is 60.7 Å². The number of nitrogens with zero attached hydrogens (tertiary/aromatic N) is 4. The second-order valence-electron chi connectivity index (χ2n) is 8.56. The average Bonchev–Trinajstić information content (AvgIpc) is 3.49. The van der Waals surface area contributed by atoms with Gasteiger partial charge in [-0.15, -0.1) is 16.4 Å². The highest BCUT2D eigenvalue weighted by Crippen LogP contribution is 2.37. The Bertz CT molecular complexity index is 1570. The van der Waals surface area contributed by atoms with Gasteiger partial charge in [0.05, 0.1) is 5.39 Å². The lowest BCUT2D eigenvalue weighted by Gasteiger charge is -2.11. The molecule has 0 bridgehead atoms. The SMILES string of the molecule is O=C(Cn1c(=O)n2nc(-c3ccccc3)nc2c2c3c(sc21)CCCC3)NCc1ccccc1. The molecule has 0 saturated heterocycles. The molecule has 1 aliphatic carbocycles. The molecule has 7 nitrogen and oxygen atoms in total. The van der Waals surface area contributed by atoms with Crippen LogP contribution < -0.4 is 11.0 Å². The molecule has 1 N–H and O–H groups in total. The number of hydrogen-bond donors (Lipinski definition) is 1. The van der Waals surface area contributed by atoms with Gasteiger partial charge in [0.2, 0.25) is 5.91 Å². The fourth-order valence-corrected chi connectivity index (χ4v) is 6.00. The molecule has 0 radical (unpaired) electrons. The van der Waals surface area contributed by atoms with Gasteiger partial charge in [0.25, 0.3) is 0 Å². The molecule has 2 aromatic carbocycles. The molecule has 3 heterocycles. The van der Waals surface area contributed by atoms with Crippen LogP contribution in [0.1, 0.15) is 28.8 Å². The number of nitrogens with one attached hydrogen (secondary N) is 1. The van der Waals surface area contributed by atoms with Crippen molar-refractivity contribution in [2.24, 2.45) is 0 Å². The van der Waals surface area contributed by atoms with E-state index in [1.165, 1.54) is 15.0 Å². The normalized spacial score (nSPS) is 13.3. The van der Waals surface area contributed by atoms with E-state index in [1.54, 1.807) is 15.9 Å². The zero-order chi connectivity index (χ0) is 23.1. The van der Waals surface area contributed by atoms with Crippen molar-refractivity contribution in [3.63, 3.8) is 0 Å². The molecule has 8 heteroatoms. The van der Waals surface area contributed by atoms with E-state index >= 15 is 0 Å². The van der Waals surface area contributed by atoms with E-state index in [0.717, 1.165) is 47.0 Å². The van der Waals surface area contributed by atoms with Crippen LogP contribution in [-0.4, -0.2) is 25.1 Å². The summed E-state index contributed by atoms with van der Waals surface area (Å²) in [6.07, 6.45) is 4.20. The third kappa shape index (κ3) is 3.60. The zero-order valence-electron chi connectivity index (χ0n) is 18.5. The lowest BCUT2D eigenvalue weighted by molar-refractivity contribution is -0.121. The summed E-state index contributed by atoms with van der Waals surface area (Å²) in [7, 11) is 0. The maximum Gasteiger partial charge on any atom is 0.352 e. The maximum absolute atomic E-state index is 13.6. The number of amides is 1. The van der Waals surface area contributed by atoms with Gasteiger partial charge >= 0.3 is 5.69 Å². The largest absolute Gasteiger partial charge is 0.352 e. The number of carbonyl (C=O) groups excluding carboxylic acids is 1. The Kier molecular flexibility index (Phi) is 5.22. The number of fused-ring (bicyclic) bond motifs is 5. The Morgan fingerprint density at radius 1 is 1.00 bits per heavy atom. The van der Waals surface area contributed by atoms with Gasteiger partial charge in [-0.25, -0.2) is 9.78 Å². The van der Waals surface area contributed by atoms with Crippen LogP contribution >= 0.6 is 11.3 Å². The highest BCUT2D eigenvalue weighted by atomic mass is 32.1. The first-order valence-electron chi connectivity index (χ1n) is 11.5. The Hall–Kier alpha value is -3.78. The highest BCUT2D eigenvalue weighted by molar-refractivity contribution is 7.19. The summed E-state index contributed by atoms with van der Waals surface area (Å²) in [5.41, 5.74) is 3.36. The number of thiophene rings is 1. The minimum Gasteiger partial charge on any atom is -0.350 e. The summed E-state index contributed by atoms with van der Waals surface area (Å²) in [4.78, 5) is 33.3. The minimum atomic E-state index is -0.342. The second kappa shape index (κ2) is 8.53. The summed E-state index contributed by atoms with van der Waals surface area (Å²) in [6, 6.07) is 19.4. The number of benzene rings is 2. The van der Waals surface area contributed by atoms with Crippen molar-refractivity contribution in [2.75, 3.05) is 0 Å². The van der Waals surface area contributed by atoms with Gasteiger partial charge in [-0.3, -0.25) is 9.36 Å². The van der Waals surface area contributed by atoms with E-state index < -0.39 is 0 Å². The molecule has 1 amide bonds. The van der Waals surface area contributed by atoms with Crippen LogP contribution in [0.4, 0.5) is 0 Å². The van der Waals surface area contributed by atoms with Gasteiger partial charge in [-0.05, 0) is 36.8 Å². The van der Waals surface area contributed by atoms with E-state index in [-0.39, 0.29) is 18.1 Å². The Morgan fingerprint density at radius 3 is 2.53 bits per heavy atom. The molecular weight excluding hydrogens is 446 g/mol. The minimum absolute atomic E-state index is 0.0575. The standard InChI is InChI=1S/C26H23N5O2S/c32-21(27-15-17-9-3-1-4-10-17)16-30-25-22(19-13-7-8-14-20(19)34-25)24-28-23(29-31(24)26(30)33)18-11-5-2-6-12-18/h1-6,9-12H,7-8,13-16H2,(H,27,32). The zero-order valence-corrected chi connectivity index (χ0v) is 19.3. The van der Waals surface area contributed by atoms with Crippen molar-refractivity contribution < 1.29 is 4.79 Å². The van der Waals surface area contributed by atoms with Crippen LogP contribution in [0.2, 0.25) is 0 Å². The molecule has 0 unspecified atom stereocenters. The first-order valence-corrected chi connectivity index (χ1v) is 12.3. The van der Waals surface area contributed by atoms with Crippen molar-refractivity contribution in [1.29, 1.82) is 0 Å². The molecule has 0 atom stereocenters.